The zero-order valence-electron chi connectivity index (χ0n) is 23.0. The van der Waals surface area contributed by atoms with Gasteiger partial charge in [-0.3, -0.25) is 28.9 Å². The molecule has 1 N–H and O–H groups in total. The first-order chi connectivity index (χ1) is 21.2. The van der Waals surface area contributed by atoms with E-state index in [1.54, 1.807) is 60.7 Å². The van der Waals surface area contributed by atoms with E-state index in [0.717, 1.165) is 5.57 Å². The van der Waals surface area contributed by atoms with Crippen LogP contribution in [0.2, 0.25) is 0 Å². The number of anilines is 1. The molecule has 3 aromatic carbocycles. The molecule has 1 aliphatic heterocycles. The lowest BCUT2D eigenvalue weighted by molar-refractivity contribution is -0.123. The summed E-state index contributed by atoms with van der Waals surface area (Å²) in [6.45, 7) is 0. The second kappa shape index (κ2) is 10.7. The molecule has 1 fully saturated rings. The number of rotatable bonds is 4. The highest BCUT2D eigenvalue weighted by Crippen LogP contribution is 2.56. The number of carbonyl (C=O) groups is 5. The van der Waals surface area contributed by atoms with Crippen molar-refractivity contribution in [2.75, 3.05) is 4.90 Å². The van der Waals surface area contributed by atoms with E-state index in [2.05, 4.69) is 31.9 Å². The number of phenols is 1. The molecule has 0 aromatic heterocycles. The van der Waals surface area contributed by atoms with E-state index in [1.807, 2.05) is 12.1 Å². The molecule has 4 atom stereocenters. The van der Waals surface area contributed by atoms with Gasteiger partial charge in [0.15, 0.2) is 17.3 Å². The second-order valence-electron chi connectivity index (χ2n) is 11.4. The van der Waals surface area contributed by atoms with Crippen LogP contribution in [0.5, 0.6) is 5.75 Å². The fourth-order valence-corrected chi connectivity index (χ4v) is 7.92. The van der Waals surface area contributed by atoms with Crippen molar-refractivity contribution in [3.05, 3.63) is 127 Å². The predicted molar refractivity (Wildman–Crippen MR) is 169 cm³/mol. The summed E-state index contributed by atoms with van der Waals surface area (Å²) >= 11 is 6.68. The van der Waals surface area contributed by atoms with Crippen molar-refractivity contribution >= 4 is 66.7 Å². The molecule has 0 bridgehead atoms. The van der Waals surface area contributed by atoms with Crippen molar-refractivity contribution in [2.24, 2.45) is 17.8 Å². The van der Waals surface area contributed by atoms with E-state index in [9.17, 15) is 29.1 Å². The molecule has 7 nitrogen and oxygen atoms in total. The molecular weight excluding hydrogens is 690 g/mol. The van der Waals surface area contributed by atoms with Crippen molar-refractivity contribution in [2.45, 2.75) is 18.8 Å². The number of Topliss-reactive ketones (excluding diaryl/α,β-unsaturated/α-hetero) is 1. The van der Waals surface area contributed by atoms with Gasteiger partial charge in [0.1, 0.15) is 5.75 Å². The van der Waals surface area contributed by atoms with Crippen molar-refractivity contribution in [1.29, 1.82) is 0 Å². The Bertz CT molecular complexity index is 1910. The fourth-order valence-electron chi connectivity index (χ4n) is 7.09. The molecule has 3 aromatic rings. The van der Waals surface area contributed by atoms with E-state index in [-0.39, 0.29) is 52.2 Å². The van der Waals surface area contributed by atoms with Gasteiger partial charge >= 0.3 is 0 Å². The number of phenolic OH excluding ortho intramolecular Hbond substituents is 1. The summed E-state index contributed by atoms with van der Waals surface area (Å²) in [5.41, 5.74) is 3.11. The summed E-state index contributed by atoms with van der Waals surface area (Å²) in [5, 5.41) is 10.9. The predicted octanol–water partition coefficient (Wildman–Crippen LogP) is 6.35. The number of aromatic hydroxyl groups is 1. The van der Waals surface area contributed by atoms with Crippen LogP contribution in [0.1, 0.15) is 40.2 Å². The first-order valence-electron chi connectivity index (χ1n) is 14.1. The molecule has 0 saturated carbocycles. The smallest absolute Gasteiger partial charge is 0.238 e. The van der Waals surface area contributed by atoms with Crippen LogP contribution in [0, 0.1) is 17.8 Å². The van der Waals surface area contributed by atoms with Gasteiger partial charge in [-0.25, -0.2) is 0 Å². The number of benzene rings is 3. The molecule has 3 aliphatic carbocycles. The monoisotopic (exact) mass is 711 g/mol. The molecule has 1 heterocycles. The highest BCUT2D eigenvalue weighted by molar-refractivity contribution is 9.12. The van der Waals surface area contributed by atoms with Crippen LogP contribution in [-0.4, -0.2) is 34.3 Å². The minimum absolute atomic E-state index is 0.0387. The fraction of sp³-hybridized carbons (Fsp3) is 0.171. The van der Waals surface area contributed by atoms with Crippen molar-refractivity contribution < 1.29 is 29.1 Å². The van der Waals surface area contributed by atoms with Gasteiger partial charge in [-0.05, 0) is 77.2 Å². The normalized spacial score (nSPS) is 24.5. The second-order valence-corrected chi connectivity index (χ2v) is 13.1. The third-order valence-corrected chi connectivity index (χ3v) is 10.1. The summed E-state index contributed by atoms with van der Waals surface area (Å²) in [4.78, 5) is 68.8. The Kier molecular flexibility index (Phi) is 6.98. The quantitative estimate of drug-likeness (QED) is 0.146. The van der Waals surface area contributed by atoms with Crippen LogP contribution in [0.25, 0.3) is 0 Å². The molecule has 218 valence electrons. The average molecular weight is 713 g/mol. The summed E-state index contributed by atoms with van der Waals surface area (Å²) < 4.78 is 0.821. The number of allylic oxidation sites excluding steroid dienone is 6. The molecule has 7 rings (SSSR count). The molecule has 1 saturated heterocycles. The van der Waals surface area contributed by atoms with Gasteiger partial charge in [0, 0.05) is 44.3 Å². The Morgan fingerprint density at radius 3 is 2.27 bits per heavy atom. The molecular formula is C35H23Br2NO6. The lowest BCUT2D eigenvalue weighted by atomic mass is 9.59. The minimum atomic E-state index is -0.758. The minimum Gasteiger partial charge on any atom is -0.508 e. The number of hydrogen-bond acceptors (Lipinski definition) is 6. The average Bonchev–Trinajstić information content (AvgIpc) is 3.29. The maximum absolute atomic E-state index is 14.1. The maximum atomic E-state index is 14.1. The number of carbonyl (C=O) groups excluding carboxylic acids is 5. The third kappa shape index (κ3) is 4.40. The van der Waals surface area contributed by atoms with Crippen LogP contribution in [0.3, 0.4) is 0 Å². The van der Waals surface area contributed by atoms with Crippen LogP contribution < -0.4 is 4.90 Å². The van der Waals surface area contributed by atoms with Crippen molar-refractivity contribution in [3.8, 4) is 5.75 Å². The number of hydrogen-bond donors (Lipinski definition) is 1. The molecule has 4 unspecified atom stereocenters. The van der Waals surface area contributed by atoms with Gasteiger partial charge in [0.05, 0.1) is 22.0 Å². The SMILES string of the molecule is O=C1C=C(Br)C(=O)C2=C1C(c1cc(Br)ccc1O)C1=CCC3C(=O)N(c4ccc(C(=O)c5ccccc5)cc4)C(=O)C3C1C2. The van der Waals surface area contributed by atoms with E-state index < -0.39 is 23.7 Å². The van der Waals surface area contributed by atoms with Gasteiger partial charge in [0.2, 0.25) is 11.8 Å². The van der Waals surface area contributed by atoms with Gasteiger partial charge in [-0.1, -0.05) is 57.9 Å². The summed E-state index contributed by atoms with van der Waals surface area (Å²) in [7, 11) is 0. The van der Waals surface area contributed by atoms with Crippen molar-refractivity contribution in [1.82, 2.24) is 0 Å². The molecule has 0 radical (unpaired) electrons. The maximum Gasteiger partial charge on any atom is 0.238 e. The standard InChI is InChI=1S/C35H23Br2NO6/c36-19-8-13-27(39)24(14-19)29-21-11-12-22-30(23(21)15-25-31(29)28(40)16-26(37)33(25)42)35(44)38(34(22)43)20-9-6-18(7-10-20)32(41)17-4-2-1-3-5-17/h1-11,13-14,16,22-23,29-30,39H,12,15H2. The van der Waals surface area contributed by atoms with E-state index in [1.165, 1.54) is 17.0 Å². The first-order valence-corrected chi connectivity index (χ1v) is 15.7. The highest BCUT2D eigenvalue weighted by Gasteiger charge is 2.57. The van der Waals surface area contributed by atoms with Gasteiger partial charge in [-0.15, -0.1) is 0 Å². The number of amides is 2. The Morgan fingerprint density at radius 2 is 1.55 bits per heavy atom. The molecule has 4 aliphatic rings. The zero-order chi connectivity index (χ0) is 30.9. The number of imide groups is 1. The summed E-state index contributed by atoms with van der Waals surface area (Å²) in [6, 6.07) is 20.2. The Balaban J connectivity index is 1.27. The lowest BCUT2D eigenvalue weighted by Gasteiger charge is -2.42. The zero-order valence-corrected chi connectivity index (χ0v) is 26.2. The molecule has 44 heavy (non-hydrogen) atoms. The summed E-state index contributed by atoms with van der Waals surface area (Å²) in [5.74, 6) is -4.30. The Labute approximate surface area is 269 Å². The third-order valence-electron chi connectivity index (χ3n) is 9.06. The largest absolute Gasteiger partial charge is 0.508 e. The first kappa shape index (κ1) is 28.6. The van der Waals surface area contributed by atoms with E-state index in [4.69, 9.17) is 0 Å². The molecule has 2 amide bonds. The van der Waals surface area contributed by atoms with Gasteiger partial charge < -0.3 is 5.11 Å². The topological polar surface area (TPSA) is 109 Å². The number of halogens is 2. The molecule has 0 spiro atoms. The van der Waals surface area contributed by atoms with Gasteiger partial charge in [-0.2, -0.15) is 0 Å². The van der Waals surface area contributed by atoms with Crippen LogP contribution in [0.4, 0.5) is 5.69 Å². The highest BCUT2D eigenvalue weighted by atomic mass is 79.9. The van der Waals surface area contributed by atoms with E-state index in [0.29, 0.717) is 38.0 Å². The van der Waals surface area contributed by atoms with Crippen LogP contribution in [0.15, 0.2) is 111 Å². The van der Waals surface area contributed by atoms with Crippen molar-refractivity contribution in [3.63, 3.8) is 0 Å². The van der Waals surface area contributed by atoms with Crippen LogP contribution >= 0.6 is 31.9 Å². The number of fused-ring (bicyclic) bond motifs is 3. The van der Waals surface area contributed by atoms with E-state index >= 15 is 0 Å². The Morgan fingerprint density at radius 1 is 0.841 bits per heavy atom. The summed E-state index contributed by atoms with van der Waals surface area (Å²) in [6.07, 6.45) is 3.56. The van der Waals surface area contributed by atoms with Gasteiger partial charge in [0.25, 0.3) is 0 Å². The number of ketones is 3. The Hall–Kier alpha value is -4.21. The lowest BCUT2D eigenvalue weighted by Crippen LogP contribution is -2.39. The van der Waals surface area contributed by atoms with Crippen LogP contribution in [-0.2, 0) is 19.2 Å². The number of nitrogens with zero attached hydrogens (tertiary/aromatic N) is 1. The molecule has 9 heteroatoms.